The molecule has 0 aromatic heterocycles. The Labute approximate surface area is 173 Å². The van der Waals surface area contributed by atoms with E-state index in [1.807, 2.05) is 74.5 Å². The number of benzene rings is 3. The predicted molar refractivity (Wildman–Crippen MR) is 115 cm³/mol. The monoisotopic (exact) mass is 439 g/mol. The van der Waals surface area contributed by atoms with Gasteiger partial charge in [-0.1, -0.05) is 33.6 Å². The fourth-order valence-corrected chi connectivity index (χ4v) is 2.93. The van der Waals surface area contributed by atoms with E-state index in [0.29, 0.717) is 18.8 Å². The molecular formula is C23H22BrNO3. The number of carbonyl (C=O) groups is 1. The van der Waals surface area contributed by atoms with E-state index in [1.54, 1.807) is 6.07 Å². The lowest BCUT2D eigenvalue weighted by Gasteiger charge is -2.14. The number of aryl methyl sites for hydroxylation is 1. The lowest BCUT2D eigenvalue weighted by molar-refractivity contribution is 0.102. The molecule has 0 heterocycles. The Hall–Kier alpha value is -2.79. The molecule has 0 aliphatic heterocycles. The van der Waals surface area contributed by atoms with E-state index in [4.69, 9.17) is 9.47 Å². The smallest absolute Gasteiger partial charge is 0.255 e. The van der Waals surface area contributed by atoms with Gasteiger partial charge in [0.05, 0.1) is 6.61 Å². The molecule has 0 unspecified atom stereocenters. The first-order valence-corrected chi connectivity index (χ1v) is 9.86. The summed E-state index contributed by atoms with van der Waals surface area (Å²) in [5.74, 6) is 1.31. The fourth-order valence-electron chi connectivity index (χ4n) is 2.66. The molecule has 4 nitrogen and oxygen atoms in total. The van der Waals surface area contributed by atoms with E-state index in [1.165, 1.54) is 5.56 Å². The number of rotatable bonds is 7. The quantitative estimate of drug-likeness (QED) is 0.491. The average Bonchev–Trinajstić information content (AvgIpc) is 2.70. The minimum absolute atomic E-state index is 0.179. The Kier molecular flexibility index (Phi) is 6.71. The van der Waals surface area contributed by atoms with Crippen molar-refractivity contribution in [3.05, 3.63) is 87.9 Å². The molecule has 0 fully saturated rings. The second-order valence-electron chi connectivity index (χ2n) is 6.32. The van der Waals surface area contributed by atoms with Crippen LogP contribution in [0.15, 0.2) is 71.2 Å². The Morgan fingerprint density at radius 1 is 0.964 bits per heavy atom. The molecule has 3 rings (SSSR count). The zero-order chi connectivity index (χ0) is 19.9. The molecule has 1 N–H and O–H groups in total. The Morgan fingerprint density at radius 2 is 1.68 bits per heavy atom. The number of halogens is 1. The Balaban J connectivity index is 1.76. The van der Waals surface area contributed by atoms with Gasteiger partial charge in [0.1, 0.15) is 18.1 Å². The minimum Gasteiger partial charge on any atom is -0.493 e. The molecule has 3 aromatic carbocycles. The molecule has 0 radical (unpaired) electrons. The maximum atomic E-state index is 12.6. The van der Waals surface area contributed by atoms with Gasteiger partial charge < -0.3 is 14.8 Å². The molecule has 144 valence electrons. The Bertz CT molecular complexity index is 937. The number of carbonyl (C=O) groups excluding carboxylic acids is 1. The zero-order valence-electron chi connectivity index (χ0n) is 15.9. The van der Waals surface area contributed by atoms with E-state index in [-0.39, 0.29) is 5.91 Å². The SMILES string of the molecule is CCOc1ccc(C(=O)Nc2ccc(Br)cc2)cc1COc1ccc(C)cc1. The van der Waals surface area contributed by atoms with Crippen LogP contribution in [-0.4, -0.2) is 12.5 Å². The van der Waals surface area contributed by atoms with E-state index < -0.39 is 0 Å². The van der Waals surface area contributed by atoms with Crippen LogP contribution in [0.1, 0.15) is 28.4 Å². The van der Waals surface area contributed by atoms with Gasteiger partial charge in [0.2, 0.25) is 0 Å². The van der Waals surface area contributed by atoms with Crippen LogP contribution in [0, 0.1) is 6.92 Å². The van der Waals surface area contributed by atoms with Gasteiger partial charge in [0.15, 0.2) is 0 Å². The van der Waals surface area contributed by atoms with Crippen molar-refractivity contribution in [1.82, 2.24) is 0 Å². The second kappa shape index (κ2) is 9.42. The lowest BCUT2D eigenvalue weighted by atomic mass is 10.1. The summed E-state index contributed by atoms with van der Waals surface area (Å²) in [6.07, 6.45) is 0. The van der Waals surface area contributed by atoms with E-state index in [2.05, 4.69) is 21.2 Å². The fraction of sp³-hybridized carbons (Fsp3) is 0.174. The molecule has 28 heavy (non-hydrogen) atoms. The van der Waals surface area contributed by atoms with Crippen LogP contribution in [0.2, 0.25) is 0 Å². The summed E-state index contributed by atoms with van der Waals surface area (Å²) in [7, 11) is 0. The molecule has 0 saturated carbocycles. The summed E-state index contributed by atoms with van der Waals surface area (Å²) in [5.41, 5.74) is 3.29. The second-order valence-corrected chi connectivity index (χ2v) is 7.23. The first-order chi connectivity index (χ1) is 13.5. The molecule has 0 saturated heterocycles. The molecule has 0 spiro atoms. The zero-order valence-corrected chi connectivity index (χ0v) is 17.5. The van der Waals surface area contributed by atoms with Crippen molar-refractivity contribution in [2.24, 2.45) is 0 Å². The third-order valence-corrected chi connectivity index (χ3v) is 4.67. The number of hydrogen-bond acceptors (Lipinski definition) is 3. The van der Waals surface area contributed by atoms with Crippen LogP contribution >= 0.6 is 15.9 Å². The molecule has 1 amide bonds. The average molecular weight is 440 g/mol. The maximum Gasteiger partial charge on any atom is 0.255 e. The summed E-state index contributed by atoms with van der Waals surface area (Å²) in [6.45, 7) is 4.82. The summed E-state index contributed by atoms with van der Waals surface area (Å²) >= 11 is 3.39. The standard InChI is InChI=1S/C23H22BrNO3/c1-3-27-22-13-6-17(23(26)25-20-9-7-19(24)8-10-20)14-18(22)15-28-21-11-4-16(2)5-12-21/h4-14H,3,15H2,1-2H3,(H,25,26). The largest absolute Gasteiger partial charge is 0.493 e. The predicted octanol–water partition coefficient (Wildman–Crippen LogP) is 5.99. The third-order valence-electron chi connectivity index (χ3n) is 4.14. The summed E-state index contributed by atoms with van der Waals surface area (Å²) in [4.78, 5) is 12.6. The number of hydrogen-bond donors (Lipinski definition) is 1. The third kappa shape index (κ3) is 5.36. The molecule has 3 aromatic rings. The van der Waals surface area contributed by atoms with Crippen molar-refractivity contribution in [3.8, 4) is 11.5 Å². The van der Waals surface area contributed by atoms with Gasteiger partial charge in [-0.05, 0) is 68.4 Å². The van der Waals surface area contributed by atoms with E-state index >= 15 is 0 Å². The van der Waals surface area contributed by atoms with Crippen LogP contribution in [0.25, 0.3) is 0 Å². The van der Waals surface area contributed by atoms with Crippen molar-refractivity contribution in [2.45, 2.75) is 20.5 Å². The van der Waals surface area contributed by atoms with Crippen LogP contribution in [0.5, 0.6) is 11.5 Å². The topological polar surface area (TPSA) is 47.6 Å². The van der Waals surface area contributed by atoms with Crippen molar-refractivity contribution in [2.75, 3.05) is 11.9 Å². The van der Waals surface area contributed by atoms with Gasteiger partial charge in [-0.25, -0.2) is 0 Å². The van der Waals surface area contributed by atoms with Crippen LogP contribution in [0.3, 0.4) is 0 Å². The van der Waals surface area contributed by atoms with Gasteiger partial charge >= 0.3 is 0 Å². The first-order valence-electron chi connectivity index (χ1n) is 9.07. The van der Waals surface area contributed by atoms with Crippen LogP contribution in [0.4, 0.5) is 5.69 Å². The van der Waals surface area contributed by atoms with Crippen molar-refractivity contribution in [1.29, 1.82) is 0 Å². The van der Waals surface area contributed by atoms with Crippen LogP contribution in [-0.2, 0) is 6.61 Å². The van der Waals surface area contributed by atoms with E-state index in [0.717, 1.165) is 27.2 Å². The number of nitrogens with one attached hydrogen (secondary N) is 1. The van der Waals surface area contributed by atoms with E-state index in [9.17, 15) is 4.79 Å². The van der Waals surface area contributed by atoms with Gasteiger partial charge in [0, 0.05) is 21.3 Å². The molecule has 5 heteroatoms. The minimum atomic E-state index is -0.179. The Morgan fingerprint density at radius 3 is 2.36 bits per heavy atom. The van der Waals surface area contributed by atoms with Gasteiger partial charge in [-0.15, -0.1) is 0 Å². The number of anilines is 1. The van der Waals surface area contributed by atoms with Gasteiger partial charge in [-0.3, -0.25) is 4.79 Å². The molecule has 0 aliphatic carbocycles. The molecule has 0 aliphatic rings. The number of ether oxygens (including phenoxy) is 2. The first kappa shape index (κ1) is 20.0. The highest BCUT2D eigenvalue weighted by molar-refractivity contribution is 9.10. The molecule has 0 atom stereocenters. The highest BCUT2D eigenvalue weighted by Crippen LogP contribution is 2.24. The molecule has 0 bridgehead atoms. The number of amides is 1. The highest BCUT2D eigenvalue weighted by atomic mass is 79.9. The highest BCUT2D eigenvalue weighted by Gasteiger charge is 2.12. The van der Waals surface area contributed by atoms with Gasteiger partial charge in [-0.2, -0.15) is 0 Å². The van der Waals surface area contributed by atoms with Crippen molar-refractivity contribution < 1.29 is 14.3 Å². The summed E-state index contributed by atoms with van der Waals surface area (Å²) < 4.78 is 12.5. The normalized spacial score (nSPS) is 10.4. The van der Waals surface area contributed by atoms with Crippen molar-refractivity contribution >= 4 is 27.5 Å². The summed E-state index contributed by atoms with van der Waals surface area (Å²) in [6, 6.07) is 20.7. The molecular weight excluding hydrogens is 418 g/mol. The maximum absolute atomic E-state index is 12.6. The lowest BCUT2D eigenvalue weighted by Crippen LogP contribution is -2.13. The summed E-state index contributed by atoms with van der Waals surface area (Å²) in [5, 5.41) is 2.90. The van der Waals surface area contributed by atoms with Gasteiger partial charge in [0.25, 0.3) is 5.91 Å². The van der Waals surface area contributed by atoms with Crippen molar-refractivity contribution in [3.63, 3.8) is 0 Å². The van der Waals surface area contributed by atoms with Crippen LogP contribution < -0.4 is 14.8 Å².